The van der Waals surface area contributed by atoms with Gasteiger partial charge < -0.3 is 13.9 Å². The van der Waals surface area contributed by atoms with Gasteiger partial charge in [-0.05, 0) is 67.1 Å². The van der Waals surface area contributed by atoms with Crippen LogP contribution < -0.4 is 19.8 Å². The molecule has 0 bridgehead atoms. The van der Waals surface area contributed by atoms with E-state index in [1.165, 1.54) is 0 Å². The van der Waals surface area contributed by atoms with Crippen LogP contribution in [-0.2, 0) is 0 Å². The molecular formula is C28H21BrClNO5. The largest absolute Gasteiger partial charge is 0.490 e. The molecule has 0 saturated heterocycles. The van der Waals surface area contributed by atoms with Crippen molar-refractivity contribution in [2.24, 2.45) is 0 Å². The number of amides is 1. The lowest BCUT2D eigenvalue weighted by molar-refractivity contribution is 0.0971. The third-order valence-electron chi connectivity index (χ3n) is 5.88. The Kier molecular flexibility index (Phi) is 6.60. The monoisotopic (exact) mass is 565 g/mol. The lowest BCUT2D eigenvalue weighted by Gasteiger charge is -2.26. The highest BCUT2D eigenvalue weighted by atomic mass is 79.9. The van der Waals surface area contributed by atoms with E-state index in [1.807, 2.05) is 37.3 Å². The first-order valence-corrected chi connectivity index (χ1v) is 12.5. The average molecular weight is 567 g/mol. The van der Waals surface area contributed by atoms with Gasteiger partial charge in [-0.15, -0.1) is 0 Å². The van der Waals surface area contributed by atoms with Gasteiger partial charge in [0.25, 0.3) is 5.91 Å². The number of halogens is 2. The van der Waals surface area contributed by atoms with E-state index in [4.69, 9.17) is 25.5 Å². The zero-order valence-corrected chi connectivity index (χ0v) is 21.6. The van der Waals surface area contributed by atoms with E-state index < -0.39 is 11.9 Å². The molecule has 0 saturated carbocycles. The summed E-state index contributed by atoms with van der Waals surface area (Å²) in [5.74, 6) is 0.642. The first kappa shape index (κ1) is 24.2. The zero-order chi connectivity index (χ0) is 25.4. The molecule has 0 radical (unpaired) electrons. The van der Waals surface area contributed by atoms with Crippen molar-refractivity contribution in [3.05, 3.63) is 110 Å². The lowest BCUT2D eigenvalue weighted by atomic mass is 9.97. The Balaban J connectivity index is 1.75. The molecule has 0 fully saturated rings. The fourth-order valence-electron chi connectivity index (χ4n) is 4.36. The Morgan fingerprint density at radius 1 is 1.06 bits per heavy atom. The quantitative estimate of drug-likeness (QED) is 0.227. The second kappa shape index (κ2) is 9.84. The molecular weight excluding hydrogens is 546 g/mol. The summed E-state index contributed by atoms with van der Waals surface area (Å²) in [4.78, 5) is 29.1. The van der Waals surface area contributed by atoms with Gasteiger partial charge in [0.1, 0.15) is 12.2 Å². The van der Waals surface area contributed by atoms with Crippen molar-refractivity contribution in [3.63, 3.8) is 0 Å². The fourth-order valence-corrected chi connectivity index (χ4v) is 4.80. The number of ether oxygens (including phenoxy) is 2. The highest BCUT2D eigenvalue weighted by molar-refractivity contribution is 9.10. The van der Waals surface area contributed by atoms with Crippen LogP contribution in [0, 0.1) is 0 Å². The van der Waals surface area contributed by atoms with Crippen LogP contribution in [0.15, 0.2) is 87.0 Å². The van der Waals surface area contributed by atoms with Crippen LogP contribution >= 0.6 is 27.5 Å². The molecule has 0 spiro atoms. The maximum absolute atomic E-state index is 13.8. The van der Waals surface area contributed by atoms with Crippen molar-refractivity contribution in [2.75, 3.05) is 18.1 Å². The Labute approximate surface area is 220 Å². The molecule has 1 aliphatic rings. The molecule has 1 unspecified atom stereocenters. The number of rotatable bonds is 7. The van der Waals surface area contributed by atoms with Crippen molar-refractivity contribution >= 4 is 50.1 Å². The van der Waals surface area contributed by atoms with Gasteiger partial charge in [-0.2, -0.15) is 0 Å². The average Bonchev–Trinajstić information content (AvgIpc) is 3.17. The van der Waals surface area contributed by atoms with E-state index in [0.717, 1.165) is 4.47 Å². The molecule has 1 aliphatic heterocycles. The van der Waals surface area contributed by atoms with E-state index in [0.29, 0.717) is 52.0 Å². The van der Waals surface area contributed by atoms with Crippen molar-refractivity contribution < 1.29 is 18.7 Å². The molecule has 5 rings (SSSR count). The molecule has 4 aromatic rings. The molecule has 6 nitrogen and oxygen atoms in total. The zero-order valence-electron chi connectivity index (χ0n) is 19.3. The number of fused-ring (bicyclic) bond motifs is 2. The van der Waals surface area contributed by atoms with E-state index in [-0.39, 0.29) is 16.8 Å². The Bertz CT molecular complexity index is 1550. The van der Waals surface area contributed by atoms with Gasteiger partial charge in [-0.1, -0.05) is 46.3 Å². The van der Waals surface area contributed by atoms with Gasteiger partial charge in [-0.3, -0.25) is 14.5 Å². The molecule has 182 valence electrons. The van der Waals surface area contributed by atoms with E-state index in [2.05, 4.69) is 22.5 Å². The number of carbonyl (C=O) groups is 1. The van der Waals surface area contributed by atoms with Crippen LogP contribution in [-0.4, -0.2) is 19.1 Å². The number of carbonyl (C=O) groups excluding carboxylic acids is 1. The number of nitrogens with zero attached hydrogens (tertiary/aromatic N) is 1. The molecule has 1 amide bonds. The van der Waals surface area contributed by atoms with Gasteiger partial charge in [0.05, 0.1) is 23.6 Å². The highest BCUT2D eigenvalue weighted by Gasteiger charge is 2.44. The summed E-state index contributed by atoms with van der Waals surface area (Å²) in [6.07, 6.45) is 1.65. The summed E-state index contributed by atoms with van der Waals surface area (Å²) >= 11 is 9.62. The normalized spacial score (nSPS) is 14.7. The van der Waals surface area contributed by atoms with Crippen LogP contribution in [0.2, 0.25) is 5.02 Å². The smallest absolute Gasteiger partial charge is 0.295 e. The predicted molar refractivity (Wildman–Crippen MR) is 144 cm³/mol. The van der Waals surface area contributed by atoms with Gasteiger partial charge in [-0.25, -0.2) is 0 Å². The Morgan fingerprint density at radius 3 is 2.56 bits per heavy atom. The molecule has 0 N–H and O–H groups in total. The SMILES string of the molecule is C=CCOc1ccc(C2c3c(oc4ccc(Cl)cc4c3=O)C(=O)N2c2ccc(Br)cc2)cc1OCC. The second-order valence-corrected chi connectivity index (χ2v) is 9.46. The van der Waals surface area contributed by atoms with Gasteiger partial charge >= 0.3 is 0 Å². The molecule has 1 atom stereocenters. The van der Waals surface area contributed by atoms with Crippen LogP contribution in [0.25, 0.3) is 11.0 Å². The summed E-state index contributed by atoms with van der Waals surface area (Å²) in [6.45, 7) is 6.28. The van der Waals surface area contributed by atoms with Crippen molar-refractivity contribution in [3.8, 4) is 11.5 Å². The molecule has 8 heteroatoms. The Morgan fingerprint density at radius 2 is 1.83 bits per heavy atom. The van der Waals surface area contributed by atoms with Crippen LogP contribution in [0.4, 0.5) is 5.69 Å². The van der Waals surface area contributed by atoms with Crippen molar-refractivity contribution in [1.82, 2.24) is 0 Å². The molecule has 36 heavy (non-hydrogen) atoms. The number of hydrogen-bond donors (Lipinski definition) is 0. The number of benzene rings is 3. The minimum absolute atomic E-state index is 0.00712. The summed E-state index contributed by atoms with van der Waals surface area (Å²) in [5, 5.41) is 0.718. The standard InChI is InChI=1S/C28H21BrClNO5/c1-3-13-35-22-11-5-16(14-23(22)34-4-2)25-24-26(32)20-15-18(30)8-12-21(20)36-27(24)28(33)31(25)19-9-6-17(29)7-10-19/h3,5-12,14-15,25H,1,4,13H2,2H3. The third kappa shape index (κ3) is 4.18. The van der Waals surface area contributed by atoms with Gasteiger partial charge in [0.15, 0.2) is 16.9 Å². The van der Waals surface area contributed by atoms with Crippen LogP contribution in [0.1, 0.15) is 34.6 Å². The lowest BCUT2D eigenvalue weighted by Crippen LogP contribution is -2.29. The highest BCUT2D eigenvalue weighted by Crippen LogP contribution is 2.43. The maximum Gasteiger partial charge on any atom is 0.295 e. The molecule has 2 heterocycles. The Hall–Kier alpha value is -3.55. The first-order chi connectivity index (χ1) is 17.4. The third-order valence-corrected chi connectivity index (χ3v) is 6.64. The fraction of sp³-hybridized carbons (Fsp3) is 0.143. The maximum atomic E-state index is 13.8. The summed E-state index contributed by atoms with van der Waals surface area (Å²) in [6, 6.07) is 16.7. The number of hydrogen-bond acceptors (Lipinski definition) is 5. The van der Waals surface area contributed by atoms with E-state index >= 15 is 0 Å². The van der Waals surface area contributed by atoms with Crippen LogP contribution in [0.5, 0.6) is 11.5 Å². The summed E-state index contributed by atoms with van der Waals surface area (Å²) in [7, 11) is 0. The van der Waals surface area contributed by atoms with Gasteiger partial charge in [0, 0.05) is 15.2 Å². The van der Waals surface area contributed by atoms with E-state index in [9.17, 15) is 9.59 Å². The van der Waals surface area contributed by atoms with Gasteiger partial charge in [0.2, 0.25) is 5.76 Å². The first-order valence-electron chi connectivity index (χ1n) is 11.3. The predicted octanol–water partition coefficient (Wildman–Crippen LogP) is 6.92. The topological polar surface area (TPSA) is 69.0 Å². The molecule has 0 aliphatic carbocycles. The summed E-state index contributed by atoms with van der Waals surface area (Å²) in [5.41, 5.74) is 1.53. The molecule has 1 aromatic heterocycles. The van der Waals surface area contributed by atoms with Crippen molar-refractivity contribution in [2.45, 2.75) is 13.0 Å². The summed E-state index contributed by atoms with van der Waals surface area (Å²) < 4.78 is 18.4. The van der Waals surface area contributed by atoms with Crippen molar-refractivity contribution in [1.29, 1.82) is 0 Å². The second-order valence-electron chi connectivity index (χ2n) is 8.11. The minimum Gasteiger partial charge on any atom is -0.490 e. The van der Waals surface area contributed by atoms with E-state index in [1.54, 1.807) is 41.3 Å². The van der Waals surface area contributed by atoms with Crippen LogP contribution in [0.3, 0.4) is 0 Å². The molecule has 3 aromatic carbocycles. The minimum atomic E-state index is -0.749. The number of anilines is 1.